The second-order valence-corrected chi connectivity index (χ2v) is 1.51. The topological polar surface area (TPSA) is 68.5 Å². The van der Waals surface area contributed by atoms with Crippen molar-refractivity contribution in [3.63, 3.8) is 0 Å². The van der Waals surface area contributed by atoms with E-state index in [2.05, 4.69) is 5.43 Å². The number of benzene rings is 1. The minimum Gasteiger partial charge on any atom is -0.324 e. The molecule has 0 aromatic heterocycles. The minimum atomic E-state index is 0. The van der Waals surface area contributed by atoms with Crippen molar-refractivity contribution < 1.29 is 0 Å². The van der Waals surface area contributed by atoms with Gasteiger partial charge in [0.15, 0.2) is 0 Å². The molecular formula is C6H8N3. The molecule has 0 bridgehead atoms. The lowest BCUT2D eigenvalue weighted by Crippen LogP contribution is -2.05. The Balaban J connectivity index is 0.000000640. The fourth-order valence-electron chi connectivity index (χ4n) is 0.534. The zero-order chi connectivity index (χ0) is 5.82. The highest BCUT2D eigenvalue weighted by atomic mass is 15.2. The first kappa shape index (κ1) is 7.94. The van der Waals surface area contributed by atoms with Crippen molar-refractivity contribution in [1.82, 2.24) is 6.15 Å². The third kappa shape index (κ3) is 2.12. The van der Waals surface area contributed by atoms with E-state index in [1.165, 1.54) is 0 Å². The van der Waals surface area contributed by atoms with Gasteiger partial charge in [-0.25, -0.2) is 0 Å². The van der Waals surface area contributed by atoms with E-state index in [4.69, 9.17) is 5.84 Å². The average molecular weight is 122 g/mol. The van der Waals surface area contributed by atoms with Gasteiger partial charge in [-0.3, -0.25) is 5.84 Å². The molecule has 3 heteroatoms. The fraction of sp³-hybridized carbons (Fsp3) is 0. The maximum absolute atomic E-state index is 5.10. The number of rotatable bonds is 1. The zero-order valence-corrected chi connectivity index (χ0v) is 4.91. The summed E-state index contributed by atoms with van der Waals surface area (Å²) in [5.41, 5.74) is 3.46. The summed E-state index contributed by atoms with van der Waals surface area (Å²) in [4.78, 5) is 0. The molecule has 1 aromatic rings. The Labute approximate surface area is 54.4 Å². The Morgan fingerprint density at radius 1 is 1.11 bits per heavy atom. The van der Waals surface area contributed by atoms with E-state index in [0.29, 0.717) is 0 Å². The van der Waals surface area contributed by atoms with Gasteiger partial charge >= 0.3 is 0 Å². The summed E-state index contributed by atoms with van der Waals surface area (Å²) in [6.07, 6.45) is 0. The van der Waals surface area contributed by atoms with Gasteiger partial charge in [0.2, 0.25) is 0 Å². The predicted octanol–water partition coefficient (Wildman–Crippen LogP) is 0.492. The highest BCUT2D eigenvalue weighted by Crippen LogP contribution is 2.00. The van der Waals surface area contributed by atoms with Crippen molar-refractivity contribution in [2.45, 2.75) is 0 Å². The van der Waals surface area contributed by atoms with Crippen molar-refractivity contribution in [2.24, 2.45) is 5.84 Å². The second kappa shape index (κ2) is 3.88. The van der Waals surface area contributed by atoms with Crippen LogP contribution < -0.4 is 17.4 Å². The molecule has 0 aliphatic carbocycles. The monoisotopic (exact) mass is 122 g/mol. The van der Waals surface area contributed by atoms with E-state index < -0.39 is 0 Å². The largest absolute Gasteiger partial charge is 0.324 e. The number of hydrogen-bond acceptors (Lipinski definition) is 2. The lowest BCUT2D eigenvalue weighted by atomic mass is 10.3. The van der Waals surface area contributed by atoms with Gasteiger partial charge in [0.05, 0.1) is 0 Å². The van der Waals surface area contributed by atoms with Gasteiger partial charge in [0.1, 0.15) is 0 Å². The van der Waals surface area contributed by atoms with E-state index >= 15 is 0 Å². The molecule has 0 atom stereocenters. The molecule has 0 saturated carbocycles. The summed E-state index contributed by atoms with van der Waals surface area (Å²) in [7, 11) is 0. The van der Waals surface area contributed by atoms with Gasteiger partial charge in [-0.05, 0) is 12.1 Å². The van der Waals surface area contributed by atoms with Crippen molar-refractivity contribution in [3.05, 3.63) is 30.3 Å². The summed E-state index contributed by atoms with van der Waals surface area (Å²) >= 11 is 0. The molecular weight excluding hydrogens is 114 g/mol. The molecule has 3 radical (unpaired) electrons. The molecule has 1 aromatic carbocycles. The Morgan fingerprint density at radius 3 is 2.00 bits per heavy atom. The number of nitrogens with two attached hydrogens (primary N) is 1. The van der Waals surface area contributed by atoms with Gasteiger partial charge in [-0.15, -0.1) is 0 Å². The van der Waals surface area contributed by atoms with E-state index in [9.17, 15) is 0 Å². The Morgan fingerprint density at radius 2 is 1.67 bits per heavy atom. The van der Waals surface area contributed by atoms with Crippen LogP contribution in [0, 0.1) is 0 Å². The van der Waals surface area contributed by atoms with Crippen LogP contribution in [0.4, 0.5) is 5.69 Å². The number of para-hydroxylation sites is 1. The summed E-state index contributed by atoms with van der Waals surface area (Å²) < 4.78 is 0. The zero-order valence-electron chi connectivity index (χ0n) is 4.91. The van der Waals surface area contributed by atoms with Crippen LogP contribution in [-0.4, -0.2) is 0 Å². The number of nitrogen functional groups attached to an aromatic ring is 1. The summed E-state index contributed by atoms with van der Waals surface area (Å²) in [6.45, 7) is 0. The highest BCUT2D eigenvalue weighted by molar-refractivity contribution is 5.40. The molecule has 0 amide bonds. The van der Waals surface area contributed by atoms with Crippen LogP contribution in [0.1, 0.15) is 0 Å². The quantitative estimate of drug-likeness (QED) is 0.420. The average Bonchev–Trinajstić information content (AvgIpc) is 1.90. The minimum absolute atomic E-state index is 0. The normalized spacial score (nSPS) is 7.67. The Hall–Kier alpha value is -1.06. The second-order valence-electron chi connectivity index (χ2n) is 1.51. The number of nitrogens with zero attached hydrogens (tertiary/aromatic N) is 1. The van der Waals surface area contributed by atoms with E-state index in [-0.39, 0.29) is 6.15 Å². The van der Waals surface area contributed by atoms with Crippen LogP contribution in [0.5, 0.6) is 0 Å². The molecule has 0 saturated heterocycles. The number of nitrogens with one attached hydrogen (secondary N) is 1. The smallest absolute Gasteiger partial charge is 0.0485 e. The van der Waals surface area contributed by atoms with Gasteiger partial charge < -0.3 is 5.43 Å². The van der Waals surface area contributed by atoms with Crippen LogP contribution in [0.25, 0.3) is 0 Å². The van der Waals surface area contributed by atoms with Crippen LogP contribution in [0.2, 0.25) is 0 Å². The Bertz CT molecular complexity index is 150. The lowest BCUT2D eigenvalue weighted by Gasteiger charge is -1.94. The standard InChI is InChI=1S/C6H8N2.N/c7-8-6-4-2-1-3-5-6;/h1-5,8H,7H2;. The molecule has 47 valence electrons. The summed E-state index contributed by atoms with van der Waals surface area (Å²) in [6, 6.07) is 9.60. The van der Waals surface area contributed by atoms with Crippen molar-refractivity contribution in [2.75, 3.05) is 5.43 Å². The first-order valence-corrected chi connectivity index (χ1v) is 2.45. The fourth-order valence-corrected chi connectivity index (χ4v) is 0.534. The summed E-state index contributed by atoms with van der Waals surface area (Å²) in [5, 5.41) is 0. The van der Waals surface area contributed by atoms with Gasteiger partial charge in [-0.1, -0.05) is 18.2 Å². The van der Waals surface area contributed by atoms with Gasteiger partial charge in [0.25, 0.3) is 0 Å². The molecule has 0 aliphatic heterocycles. The molecule has 1 rings (SSSR count). The predicted molar refractivity (Wildman–Crippen MR) is 36.4 cm³/mol. The highest BCUT2D eigenvalue weighted by Gasteiger charge is 1.78. The molecule has 0 unspecified atom stereocenters. The third-order valence-electron chi connectivity index (χ3n) is 0.940. The number of hydrogen-bond donors (Lipinski definition) is 2. The Kier molecular flexibility index (Phi) is 3.43. The molecule has 0 spiro atoms. The van der Waals surface area contributed by atoms with Gasteiger partial charge in [-0.2, -0.15) is 0 Å². The molecule has 3 nitrogen and oxygen atoms in total. The van der Waals surface area contributed by atoms with Crippen LogP contribution >= 0.6 is 0 Å². The molecule has 3 N–H and O–H groups in total. The number of hydrazine groups is 1. The first-order valence-electron chi connectivity index (χ1n) is 2.45. The van der Waals surface area contributed by atoms with Crippen molar-refractivity contribution in [3.8, 4) is 0 Å². The van der Waals surface area contributed by atoms with E-state index in [1.54, 1.807) is 0 Å². The maximum atomic E-state index is 5.10. The molecule has 0 heterocycles. The SMILES string of the molecule is NNc1ccccc1.[N]. The molecule has 0 aliphatic rings. The van der Waals surface area contributed by atoms with E-state index in [1.807, 2.05) is 30.3 Å². The van der Waals surface area contributed by atoms with Gasteiger partial charge in [0, 0.05) is 11.8 Å². The van der Waals surface area contributed by atoms with Crippen molar-refractivity contribution >= 4 is 5.69 Å². The first-order chi connectivity index (χ1) is 3.93. The van der Waals surface area contributed by atoms with Crippen LogP contribution in [-0.2, 0) is 0 Å². The van der Waals surface area contributed by atoms with Crippen LogP contribution in [0.15, 0.2) is 30.3 Å². The van der Waals surface area contributed by atoms with E-state index in [0.717, 1.165) is 5.69 Å². The maximum Gasteiger partial charge on any atom is 0.0485 e. The molecule has 9 heavy (non-hydrogen) atoms. The lowest BCUT2D eigenvalue weighted by molar-refractivity contribution is 1.35. The number of anilines is 1. The molecule has 0 fully saturated rings. The summed E-state index contributed by atoms with van der Waals surface area (Å²) in [5.74, 6) is 5.10. The van der Waals surface area contributed by atoms with Crippen LogP contribution in [0.3, 0.4) is 0 Å². The third-order valence-corrected chi connectivity index (χ3v) is 0.940. The van der Waals surface area contributed by atoms with Crippen molar-refractivity contribution in [1.29, 1.82) is 0 Å².